The van der Waals surface area contributed by atoms with Crippen LogP contribution in [0, 0.1) is 6.92 Å². The van der Waals surface area contributed by atoms with Crippen LogP contribution in [-0.2, 0) is 13.0 Å². The predicted octanol–water partition coefficient (Wildman–Crippen LogP) is 1.96. The molecule has 4 heteroatoms. The number of aryl methyl sites for hydroxylation is 2. The van der Waals surface area contributed by atoms with Crippen molar-refractivity contribution in [3.63, 3.8) is 0 Å². The maximum Gasteiger partial charge on any atom is 0.269 e. The molecule has 0 atom stereocenters. The summed E-state index contributed by atoms with van der Waals surface area (Å²) in [6, 6.07) is 9.86. The zero-order chi connectivity index (χ0) is 13.2. The molecular formula is C15H17N3O. The van der Waals surface area contributed by atoms with Gasteiger partial charge in [-0.15, -0.1) is 0 Å². The third-order valence-corrected chi connectivity index (χ3v) is 3.43. The second-order valence-electron chi connectivity index (χ2n) is 5.02. The van der Waals surface area contributed by atoms with E-state index in [2.05, 4.69) is 29.5 Å². The summed E-state index contributed by atoms with van der Waals surface area (Å²) >= 11 is 0. The first kappa shape index (κ1) is 12.0. The SMILES string of the molecule is Cc1ccc(Cn2nc3c(cc2=O)NCCC3)cc1. The van der Waals surface area contributed by atoms with E-state index in [4.69, 9.17) is 0 Å². The number of nitrogens with one attached hydrogen (secondary N) is 1. The number of rotatable bonds is 2. The molecule has 2 heterocycles. The van der Waals surface area contributed by atoms with Gasteiger partial charge in [-0.05, 0) is 25.3 Å². The van der Waals surface area contributed by atoms with Gasteiger partial charge < -0.3 is 5.32 Å². The first-order valence-electron chi connectivity index (χ1n) is 6.63. The number of hydrogen-bond donors (Lipinski definition) is 1. The highest BCUT2D eigenvalue weighted by Gasteiger charge is 2.12. The molecule has 0 saturated heterocycles. The Morgan fingerprint density at radius 2 is 2.11 bits per heavy atom. The molecule has 19 heavy (non-hydrogen) atoms. The number of aromatic nitrogens is 2. The third kappa shape index (κ3) is 2.52. The van der Waals surface area contributed by atoms with Gasteiger partial charge in [0.1, 0.15) is 0 Å². The van der Waals surface area contributed by atoms with Gasteiger partial charge in [0.05, 0.1) is 17.9 Å². The summed E-state index contributed by atoms with van der Waals surface area (Å²) in [7, 11) is 0. The van der Waals surface area contributed by atoms with Gasteiger partial charge in [0.2, 0.25) is 0 Å². The highest BCUT2D eigenvalue weighted by molar-refractivity contribution is 5.48. The van der Waals surface area contributed by atoms with E-state index in [1.165, 1.54) is 5.56 Å². The molecule has 0 amide bonds. The van der Waals surface area contributed by atoms with Crippen LogP contribution >= 0.6 is 0 Å². The fourth-order valence-corrected chi connectivity index (χ4v) is 2.33. The lowest BCUT2D eigenvalue weighted by Crippen LogP contribution is -2.27. The minimum absolute atomic E-state index is 0.0475. The van der Waals surface area contributed by atoms with Gasteiger partial charge in [-0.1, -0.05) is 29.8 Å². The molecule has 0 spiro atoms. The molecule has 1 aromatic carbocycles. The molecule has 0 fully saturated rings. The van der Waals surface area contributed by atoms with Crippen molar-refractivity contribution in [2.24, 2.45) is 0 Å². The summed E-state index contributed by atoms with van der Waals surface area (Å²) in [5.74, 6) is 0. The Morgan fingerprint density at radius 1 is 1.32 bits per heavy atom. The van der Waals surface area contributed by atoms with Gasteiger partial charge >= 0.3 is 0 Å². The predicted molar refractivity (Wildman–Crippen MR) is 75.6 cm³/mol. The molecule has 98 valence electrons. The summed E-state index contributed by atoms with van der Waals surface area (Å²) in [4.78, 5) is 12.0. The molecule has 2 aromatic rings. The molecule has 0 aliphatic carbocycles. The van der Waals surface area contributed by atoms with Crippen LogP contribution in [0.1, 0.15) is 23.2 Å². The number of hydrogen-bond acceptors (Lipinski definition) is 3. The molecule has 0 radical (unpaired) electrons. The van der Waals surface area contributed by atoms with Crippen LogP contribution < -0.4 is 10.9 Å². The van der Waals surface area contributed by atoms with E-state index in [0.29, 0.717) is 6.54 Å². The Morgan fingerprint density at radius 3 is 2.89 bits per heavy atom. The molecule has 1 aliphatic rings. The Hall–Kier alpha value is -2.10. The highest BCUT2D eigenvalue weighted by atomic mass is 16.1. The zero-order valence-corrected chi connectivity index (χ0v) is 11.0. The average Bonchev–Trinajstić information content (AvgIpc) is 2.42. The quantitative estimate of drug-likeness (QED) is 0.892. The van der Waals surface area contributed by atoms with E-state index < -0.39 is 0 Å². The van der Waals surface area contributed by atoms with Crippen molar-refractivity contribution in [2.45, 2.75) is 26.3 Å². The molecule has 0 bridgehead atoms. The first-order valence-corrected chi connectivity index (χ1v) is 6.63. The van der Waals surface area contributed by atoms with Crippen molar-refractivity contribution < 1.29 is 0 Å². The molecule has 1 aromatic heterocycles. The molecule has 4 nitrogen and oxygen atoms in total. The van der Waals surface area contributed by atoms with Gasteiger partial charge in [-0.3, -0.25) is 4.79 Å². The minimum Gasteiger partial charge on any atom is -0.383 e. The smallest absolute Gasteiger partial charge is 0.269 e. The topological polar surface area (TPSA) is 46.9 Å². The van der Waals surface area contributed by atoms with Crippen LogP contribution in [0.4, 0.5) is 5.69 Å². The third-order valence-electron chi connectivity index (χ3n) is 3.43. The van der Waals surface area contributed by atoms with E-state index in [9.17, 15) is 4.79 Å². The van der Waals surface area contributed by atoms with Crippen molar-refractivity contribution in [2.75, 3.05) is 11.9 Å². The zero-order valence-electron chi connectivity index (χ0n) is 11.0. The summed E-state index contributed by atoms with van der Waals surface area (Å²) in [6.45, 7) is 3.52. The second kappa shape index (κ2) is 4.88. The highest BCUT2D eigenvalue weighted by Crippen LogP contribution is 2.16. The van der Waals surface area contributed by atoms with E-state index in [-0.39, 0.29) is 5.56 Å². The number of benzene rings is 1. The summed E-state index contributed by atoms with van der Waals surface area (Å²) in [5, 5.41) is 7.70. The van der Waals surface area contributed by atoms with E-state index in [1.54, 1.807) is 10.7 Å². The lowest BCUT2D eigenvalue weighted by Gasteiger charge is -2.17. The Balaban J connectivity index is 1.92. The minimum atomic E-state index is -0.0475. The van der Waals surface area contributed by atoms with Crippen molar-refractivity contribution in [3.05, 3.63) is 57.5 Å². The fraction of sp³-hybridized carbons (Fsp3) is 0.333. The fourth-order valence-electron chi connectivity index (χ4n) is 2.33. The first-order chi connectivity index (χ1) is 9.22. The monoisotopic (exact) mass is 255 g/mol. The van der Waals surface area contributed by atoms with Gasteiger partial charge in [0.15, 0.2) is 0 Å². The average molecular weight is 255 g/mol. The molecule has 0 unspecified atom stereocenters. The van der Waals surface area contributed by atoms with Gasteiger partial charge in [0.25, 0.3) is 5.56 Å². The second-order valence-corrected chi connectivity index (χ2v) is 5.02. The van der Waals surface area contributed by atoms with Crippen LogP contribution in [0.3, 0.4) is 0 Å². The van der Waals surface area contributed by atoms with E-state index in [1.807, 2.05) is 12.1 Å². The Labute approximate surface area is 112 Å². The Bertz CT molecular complexity index is 643. The standard InChI is InChI=1S/C15H17N3O/c1-11-4-6-12(7-5-11)10-18-15(19)9-14-13(17-18)3-2-8-16-14/h4-7,9,16H,2-3,8,10H2,1H3. The van der Waals surface area contributed by atoms with Crippen LogP contribution in [0.2, 0.25) is 0 Å². The molecular weight excluding hydrogens is 238 g/mol. The van der Waals surface area contributed by atoms with Gasteiger partial charge in [0, 0.05) is 12.6 Å². The van der Waals surface area contributed by atoms with E-state index in [0.717, 1.165) is 36.3 Å². The van der Waals surface area contributed by atoms with Crippen molar-refractivity contribution in [1.82, 2.24) is 9.78 Å². The molecule has 3 rings (SSSR count). The van der Waals surface area contributed by atoms with Crippen LogP contribution in [0.5, 0.6) is 0 Å². The molecule has 0 saturated carbocycles. The van der Waals surface area contributed by atoms with Crippen LogP contribution in [0.15, 0.2) is 35.1 Å². The van der Waals surface area contributed by atoms with Gasteiger partial charge in [-0.2, -0.15) is 5.10 Å². The summed E-state index contributed by atoms with van der Waals surface area (Å²) < 4.78 is 1.55. The van der Waals surface area contributed by atoms with Crippen molar-refractivity contribution >= 4 is 5.69 Å². The number of nitrogens with zero attached hydrogens (tertiary/aromatic N) is 2. The van der Waals surface area contributed by atoms with Gasteiger partial charge in [-0.25, -0.2) is 4.68 Å². The largest absolute Gasteiger partial charge is 0.383 e. The van der Waals surface area contributed by atoms with E-state index >= 15 is 0 Å². The Kier molecular flexibility index (Phi) is 3.07. The lowest BCUT2D eigenvalue weighted by atomic mass is 10.1. The van der Waals surface area contributed by atoms with Crippen molar-refractivity contribution in [1.29, 1.82) is 0 Å². The lowest BCUT2D eigenvalue weighted by molar-refractivity contribution is 0.608. The normalized spacial score (nSPS) is 13.7. The number of anilines is 1. The maximum absolute atomic E-state index is 12.0. The van der Waals surface area contributed by atoms with Crippen LogP contribution in [0.25, 0.3) is 0 Å². The molecule has 1 aliphatic heterocycles. The molecule has 1 N–H and O–H groups in total. The number of fused-ring (bicyclic) bond motifs is 1. The summed E-state index contributed by atoms with van der Waals surface area (Å²) in [6.07, 6.45) is 2.01. The van der Waals surface area contributed by atoms with Crippen molar-refractivity contribution in [3.8, 4) is 0 Å². The maximum atomic E-state index is 12.0. The van der Waals surface area contributed by atoms with Crippen LogP contribution in [-0.4, -0.2) is 16.3 Å². The summed E-state index contributed by atoms with van der Waals surface area (Å²) in [5.41, 5.74) is 4.17.